The van der Waals surface area contributed by atoms with Crippen molar-refractivity contribution in [1.82, 2.24) is 0 Å². The van der Waals surface area contributed by atoms with Crippen LogP contribution in [0.1, 0.15) is 113 Å². The smallest absolute Gasteiger partial charge is 0.309 e. The van der Waals surface area contributed by atoms with E-state index in [1.165, 1.54) is 25.7 Å². The standard InChI is InChI=1S/C36H58O8/c1-9-10-11-12-13-14-15-16-27(38)44-35-19-23(5)34-18-22(4)31(43-32(41)24(6)21(2)3)36(34,42)29(39)25(20-37)17-26(30(34)40)28(35)33(35,7)8/h17-18,21,23-24,26,28-31,37,39-40,42H,9-16,19-20H2,1-8H3/t23-,24?,26+,28-,29-,30?,31+,34+,35+,36+/m1/s1. The van der Waals surface area contributed by atoms with Crippen LogP contribution in [-0.4, -0.2) is 68.5 Å². The molecule has 0 heterocycles. The van der Waals surface area contributed by atoms with E-state index in [-0.39, 0.29) is 23.4 Å². The van der Waals surface area contributed by atoms with E-state index in [4.69, 9.17) is 9.47 Å². The van der Waals surface area contributed by atoms with Gasteiger partial charge in [0.05, 0.1) is 24.0 Å². The highest BCUT2D eigenvalue weighted by Gasteiger charge is 2.83. The fourth-order valence-electron chi connectivity index (χ4n) is 9.18. The second-order valence-corrected chi connectivity index (χ2v) is 15.4. The van der Waals surface area contributed by atoms with Crippen LogP contribution in [0.25, 0.3) is 0 Å². The molecule has 44 heavy (non-hydrogen) atoms. The first kappa shape index (κ1) is 35.1. The largest absolute Gasteiger partial charge is 0.458 e. The first-order valence-corrected chi connectivity index (χ1v) is 17.1. The summed E-state index contributed by atoms with van der Waals surface area (Å²) >= 11 is 0. The molecule has 250 valence electrons. The first-order chi connectivity index (χ1) is 20.6. The number of esters is 2. The summed E-state index contributed by atoms with van der Waals surface area (Å²) in [5, 5.41) is 47.4. The van der Waals surface area contributed by atoms with Crippen molar-refractivity contribution >= 4 is 11.9 Å². The van der Waals surface area contributed by atoms with E-state index in [1.807, 2.05) is 34.6 Å². The van der Waals surface area contributed by atoms with Gasteiger partial charge in [0.15, 0.2) is 6.10 Å². The molecule has 0 aromatic rings. The van der Waals surface area contributed by atoms with Crippen LogP contribution in [0.5, 0.6) is 0 Å². The summed E-state index contributed by atoms with van der Waals surface area (Å²) < 4.78 is 12.4. The minimum Gasteiger partial charge on any atom is -0.458 e. The van der Waals surface area contributed by atoms with Gasteiger partial charge in [0, 0.05) is 23.7 Å². The summed E-state index contributed by atoms with van der Waals surface area (Å²) in [6, 6.07) is 0. The van der Waals surface area contributed by atoms with Crippen LogP contribution in [0, 0.1) is 40.4 Å². The van der Waals surface area contributed by atoms with E-state index < -0.39 is 70.7 Å². The molecular formula is C36H58O8. The fraction of sp³-hybridized carbons (Fsp3) is 0.833. The lowest BCUT2D eigenvalue weighted by Crippen LogP contribution is -2.67. The van der Waals surface area contributed by atoms with Crippen molar-refractivity contribution in [2.45, 2.75) is 143 Å². The van der Waals surface area contributed by atoms with Crippen LogP contribution in [0.4, 0.5) is 0 Å². The Labute approximate surface area is 264 Å². The molecule has 0 radical (unpaired) electrons. The average molecular weight is 619 g/mol. The highest BCUT2D eigenvalue weighted by atomic mass is 16.6. The second kappa shape index (κ2) is 12.8. The lowest BCUT2D eigenvalue weighted by atomic mass is 9.58. The van der Waals surface area contributed by atoms with Gasteiger partial charge in [-0.05, 0) is 42.7 Å². The van der Waals surface area contributed by atoms with E-state index in [1.54, 1.807) is 26.0 Å². The van der Waals surface area contributed by atoms with Crippen molar-refractivity contribution in [3.63, 3.8) is 0 Å². The Bertz CT molecular complexity index is 1140. The van der Waals surface area contributed by atoms with Gasteiger partial charge in [0.2, 0.25) is 0 Å². The number of carbonyl (C=O) groups is 2. The van der Waals surface area contributed by atoms with Crippen LogP contribution in [0.3, 0.4) is 0 Å². The van der Waals surface area contributed by atoms with E-state index in [9.17, 15) is 30.0 Å². The van der Waals surface area contributed by atoms with Crippen LogP contribution < -0.4 is 0 Å². The zero-order valence-corrected chi connectivity index (χ0v) is 28.3. The average Bonchev–Trinajstić information content (AvgIpc) is 3.36. The van der Waals surface area contributed by atoms with Gasteiger partial charge in [-0.25, -0.2) is 0 Å². The summed E-state index contributed by atoms with van der Waals surface area (Å²) in [5.41, 5.74) is -4.23. The van der Waals surface area contributed by atoms with E-state index in [2.05, 4.69) is 6.92 Å². The van der Waals surface area contributed by atoms with Crippen molar-refractivity contribution in [2.75, 3.05) is 6.61 Å². The fourth-order valence-corrected chi connectivity index (χ4v) is 9.18. The number of aliphatic hydroxyl groups is 4. The Morgan fingerprint density at radius 2 is 1.66 bits per heavy atom. The molecule has 4 aliphatic rings. The third-order valence-corrected chi connectivity index (χ3v) is 12.2. The van der Waals surface area contributed by atoms with Crippen molar-refractivity contribution in [3.05, 3.63) is 23.3 Å². The maximum atomic E-state index is 13.3. The zero-order valence-electron chi connectivity index (χ0n) is 28.3. The molecule has 0 amide bonds. The number of aliphatic hydroxyl groups excluding tert-OH is 3. The Morgan fingerprint density at radius 3 is 2.25 bits per heavy atom. The molecule has 1 spiro atoms. The van der Waals surface area contributed by atoms with E-state index >= 15 is 0 Å². The van der Waals surface area contributed by atoms with E-state index in [0.717, 1.165) is 19.3 Å². The summed E-state index contributed by atoms with van der Waals surface area (Å²) in [7, 11) is 0. The zero-order chi connectivity index (χ0) is 32.8. The van der Waals surface area contributed by atoms with Gasteiger partial charge >= 0.3 is 11.9 Å². The third-order valence-electron chi connectivity index (χ3n) is 12.2. The Morgan fingerprint density at radius 1 is 1.05 bits per heavy atom. The molecule has 0 saturated heterocycles. The summed E-state index contributed by atoms with van der Waals surface area (Å²) in [6.45, 7) is 15.0. The molecule has 8 nitrogen and oxygen atoms in total. The Balaban J connectivity index is 1.67. The van der Waals surface area contributed by atoms with Crippen LogP contribution >= 0.6 is 0 Å². The minimum atomic E-state index is -2.14. The molecule has 10 atom stereocenters. The second-order valence-electron chi connectivity index (χ2n) is 15.4. The molecular weight excluding hydrogens is 560 g/mol. The lowest BCUT2D eigenvalue weighted by molar-refractivity contribution is -0.227. The Kier molecular flexibility index (Phi) is 10.2. The molecule has 0 aromatic heterocycles. The van der Waals surface area contributed by atoms with Gasteiger partial charge in [-0.3, -0.25) is 9.59 Å². The van der Waals surface area contributed by atoms with Crippen molar-refractivity contribution in [1.29, 1.82) is 0 Å². The number of fused-ring (bicyclic) bond motifs is 3. The highest BCUT2D eigenvalue weighted by Crippen LogP contribution is 2.76. The van der Waals surface area contributed by atoms with E-state index in [0.29, 0.717) is 18.4 Å². The molecule has 8 heteroatoms. The quantitative estimate of drug-likeness (QED) is 0.125. The van der Waals surface area contributed by atoms with Gasteiger partial charge in [-0.2, -0.15) is 0 Å². The third kappa shape index (κ3) is 5.29. The number of hydrogen-bond donors (Lipinski definition) is 4. The monoisotopic (exact) mass is 618 g/mol. The SMILES string of the molecule is CCCCCCCCCC(=O)O[C@@]12C[C@@H](C)[C@]34C=C(C)[C@H](OC(=O)C(C)C(C)C)[C@@]3(O)[C@H](O)C(CO)=C[C@H](C4O)[C@@H]1C2(C)C. The number of hydrogen-bond acceptors (Lipinski definition) is 8. The van der Waals surface area contributed by atoms with Gasteiger partial charge in [-0.15, -0.1) is 0 Å². The molecule has 4 aliphatic carbocycles. The molecule has 4 N–H and O–H groups in total. The predicted molar refractivity (Wildman–Crippen MR) is 168 cm³/mol. The van der Waals surface area contributed by atoms with Crippen LogP contribution in [-0.2, 0) is 19.1 Å². The van der Waals surface area contributed by atoms with Crippen molar-refractivity contribution in [3.8, 4) is 0 Å². The molecule has 0 aliphatic heterocycles. The van der Waals surface area contributed by atoms with Crippen molar-refractivity contribution in [2.24, 2.45) is 40.4 Å². The number of carbonyl (C=O) groups excluding carboxylic acids is 2. The Hall–Kier alpha value is -1.74. The van der Waals surface area contributed by atoms with Crippen LogP contribution in [0.15, 0.2) is 23.3 Å². The maximum Gasteiger partial charge on any atom is 0.309 e. The van der Waals surface area contributed by atoms with Crippen molar-refractivity contribution < 1.29 is 39.5 Å². The number of rotatable bonds is 13. The van der Waals surface area contributed by atoms with Gasteiger partial charge in [0.25, 0.3) is 0 Å². The summed E-state index contributed by atoms with van der Waals surface area (Å²) in [5.74, 6) is -2.60. The first-order valence-electron chi connectivity index (χ1n) is 17.1. The summed E-state index contributed by atoms with van der Waals surface area (Å²) in [6.07, 6.45) is 7.83. The molecule has 2 unspecified atom stereocenters. The molecule has 2 bridgehead atoms. The minimum absolute atomic E-state index is 0.000433. The maximum absolute atomic E-state index is 13.3. The number of ether oxygens (including phenoxy) is 2. The molecule has 2 saturated carbocycles. The predicted octanol–water partition coefficient (Wildman–Crippen LogP) is 5.26. The van der Waals surface area contributed by atoms with Gasteiger partial charge in [0.1, 0.15) is 17.3 Å². The van der Waals surface area contributed by atoms with Gasteiger partial charge < -0.3 is 29.9 Å². The summed E-state index contributed by atoms with van der Waals surface area (Å²) in [4.78, 5) is 26.5. The molecule has 4 rings (SSSR count). The normalized spacial score (nSPS) is 39.3. The van der Waals surface area contributed by atoms with Crippen LogP contribution in [0.2, 0.25) is 0 Å². The number of unbranched alkanes of at least 4 members (excludes halogenated alkanes) is 6. The lowest BCUT2D eigenvalue weighted by Gasteiger charge is -2.52. The van der Waals surface area contributed by atoms with Gasteiger partial charge in [-0.1, -0.05) is 99.1 Å². The topological polar surface area (TPSA) is 134 Å². The highest BCUT2D eigenvalue weighted by molar-refractivity contribution is 5.73. The molecule has 0 aromatic carbocycles. The molecule has 2 fully saturated rings.